The number of anilines is 1. The number of fused-ring (bicyclic) bond motifs is 4. The van der Waals surface area contributed by atoms with Crippen molar-refractivity contribution in [2.24, 2.45) is 5.92 Å². The van der Waals surface area contributed by atoms with Gasteiger partial charge in [-0.15, -0.1) is 11.3 Å². The highest BCUT2D eigenvalue weighted by atomic mass is 32.1. The van der Waals surface area contributed by atoms with Gasteiger partial charge in [-0.05, 0) is 57.7 Å². The van der Waals surface area contributed by atoms with Gasteiger partial charge in [-0.1, -0.05) is 0 Å². The van der Waals surface area contributed by atoms with Gasteiger partial charge in [0.1, 0.15) is 5.69 Å². The average molecular weight is 356 g/mol. The second kappa shape index (κ2) is 5.95. The van der Waals surface area contributed by atoms with Crippen molar-refractivity contribution in [3.8, 4) is 0 Å². The fourth-order valence-electron chi connectivity index (χ4n) is 4.39. The van der Waals surface area contributed by atoms with Gasteiger partial charge in [0.15, 0.2) is 0 Å². The van der Waals surface area contributed by atoms with E-state index < -0.39 is 0 Å². The lowest BCUT2D eigenvalue weighted by molar-refractivity contribution is 0.0216. The van der Waals surface area contributed by atoms with Gasteiger partial charge in [-0.25, -0.2) is 4.98 Å². The molecule has 2 aromatic rings. The number of piperidine rings is 3. The Morgan fingerprint density at radius 2 is 2.08 bits per heavy atom. The SMILES string of the molecule is CC1C(NC(=O)c2cc3c(NC4CC4)csc3cn2)C2CCN1CC2. The average Bonchev–Trinajstić information content (AvgIpc) is 3.37. The van der Waals surface area contributed by atoms with Crippen LogP contribution < -0.4 is 10.6 Å². The maximum absolute atomic E-state index is 12.8. The van der Waals surface area contributed by atoms with Crippen LogP contribution >= 0.6 is 11.3 Å². The fraction of sp³-hybridized carbons (Fsp3) is 0.579. The molecule has 1 amide bonds. The third kappa shape index (κ3) is 2.81. The Bertz CT molecular complexity index is 805. The van der Waals surface area contributed by atoms with Gasteiger partial charge < -0.3 is 10.6 Å². The molecule has 0 aromatic carbocycles. The first-order valence-corrected chi connectivity index (χ1v) is 10.3. The van der Waals surface area contributed by atoms with E-state index >= 15 is 0 Å². The highest BCUT2D eigenvalue weighted by Gasteiger charge is 2.40. The lowest BCUT2D eigenvalue weighted by atomic mass is 9.79. The number of hydrogen-bond donors (Lipinski definition) is 2. The topological polar surface area (TPSA) is 57.3 Å². The van der Waals surface area contributed by atoms with E-state index in [9.17, 15) is 4.79 Å². The number of carbonyl (C=O) groups is 1. The van der Waals surface area contributed by atoms with Gasteiger partial charge >= 0.3 is 0 Å². The maximum atomic E-state index is 12.8. The molecule has 4 aliphatic rings. The quantitative estimate of drug-likeness (QED) is 0.884. The highest BCUT2D eigenvalue weighted by Crippen LogP contribution is 2.35. The normalized spacial score (nSPS) is 31.2. The van der Waals surface area contributed by atoms with Gasteiger partial charge in [0.05, 0.1) is 10.4 Å². The molecule has 5 heterocycles. The number of rotatable bonds is 4. The predicted molar refractivity (Wildman–Crippen MR) is 101 cm³/mol. The van der Waals surface area contributed by atoms with E-state index in [1.54, 1.807) is 11.3 Å². The second-order valence-electron chi connectivity index (χ2n) is 7.75. The van der Waals surface area contributed by atoms with Crippen molar-refractivity contribution in [1.29, 1.82) is 0 Å². The Morgan fingerprint density at radius 1 is 1.28 bits per heavy atom. The summed E-state index contributed by atoms with van der Waals surface area (Å²) in [5.41, 5.74) is 1.68. The number of nitrogens with one attached hydrogen (secondary N) is 2. The number of nitrogens with zero attached hydrogens (tertiary/aromatic N) is 2. The van der Waals surface area contributed by atoms with Crippen LogP contribution in [0.3, 0.4) is 0 Å². The van der Waals surface area contributed by atoms with Crippen molar-refractivity contribution in [3.63, 3.8) is 0 Å². The predicted octanol–water partition coefficient (Wildman–Crippen LogP) is 3.08. The fourth-order valence-corrected chi connectivity index (χ4v) is 5.24. The molecule has 3 saturated heterocycles. The van der Waals surface area contributed by atoms with Crippen LogP contribution in [0.1, 0.15) is 43.1 Å². The maximum Gasteiger partial charge on any atom is 0.270 e. The Hall–Kier alpha value is -1.66. The van der Waals surface area contributed by atoms with E-state index in [1.807, 2.05) is 12.3 Å². The summed E-state index contributed by atoms with van der Waals surface area (Å²) in [6.07, 6.45) is 6.72. The van der Waals surface area contributed by atoms with Gasteiger partial charge in [0.25, 0.3) is 5.91 Å². The van der Waals surface area contributed by atoms with Gasteiger partial charge in [-0.3, -0.25) is 9.69 Å². The molecule has 2 unspecified atom stereocenters. The first kappa shape index (κ1) is 15.6. The van der Waals surface area contributed by atoms with E-state index in [0.717, 1.165) is 15.8 Å². The van der Waals surface area contributed by atoms with Crippen molar-refractivity contribution >= 4 is 33.0 Å². The zero-order valence-electron chi connectivity index (χ0n) is 14.5. The summed E-state index contributed by atoms with van der Waals surface area (Å²) in [6.45, 7) is 4.59. The summed E-state index contributed by atoms with van der Waals surface area (Å²) in [7, 11) is 0. The van der Waals surface area contributed by atoms with Crippen molar-refractivity contribution in [2.45, 2.75) is 50.7 Å². The van der Waals surface area contributed by atoms with E-state index in [-0.39, 0.29) is 11.9 Å². The molecule has 1 aliphatic carbocycles. The Labute approximate surface area is 151 Å². The zero-order valence-corrected chi connectivity index (χ0v) is 15.3. The number of hydrogen-bond acceptors (Lipinski definition) is 5. The van der Waals surface area contributed by atoms with Crippen molar-refractivity contribution in [2.75, 3.05) is 18.4 Å². The molecule has 5 nitrogen and oxygen atoms in total. The van der Waals surface area contributed by atoms with Gasteiger partial charge in [-0.2, -0.15) is 0 Å². The van der Waals surface area contributed by atoms with E-state index in [4.69, 9.17) is 0 Å². The van der Waals surface area contributed by atoms with Crippen LogP contribution in [-0.4, -0.2) is 47.0 Å². The number of amides is 1. The second-order valence-corrected chi connectivity index (χ2v) is 8.66. The Balaban J connectivity index is 1.37. The molecular weight excluding hydrogens is 332 g/mol. The molecule has 2 aromatic heterocycles. The summed E-state index contributed by atoms with van der Waals surface area (Å²) in [4.78, 5) is 19.8. The molecule has 2 bridgehead atoms. The van der Waals surface area contributed by atoms with Crippen LogP contribution in [-0.2, 0) is 0 Å². The van der Waals surface area contributed by atoms with Crippen LogP contribution in [0.2, 0.25) is 0 Å². The summed E-state index contributed by atoms with van der Waals surface area (Å²) in [5.74, 6) is 0.581. The largest absolute Gasteiger partial charge is 0.381 e. The van der Waals surface area contributed by atoms with Crippen molar-refractivity contribution in [1.82, 2.24) is 15.2 Å². The first-order chi connectivity index (χ1) is 12.2. The summed E-state index contributed by atoms with van der Waals surface area (Å²) in [5, 5.41) is 10.1. The van der Waals surface area contributed by atoms with E-state index in [0.29, 0.717) is 23.7 Å². The third-order valence-electron chi connectivity index (χ3n) is 6.11. The van der Waals surface area contributed by atoms with Crippen LogP contribution in [0, 0.1) is 5.92 Å². The zero-order chi connectivity index (χ0) is 17.0. The summed E-state index contributed by atoms with van der Waals surface area (Å²) < 4.78 is 1.14. The van der Waals surface area contributed by atoms with E-state index in [1.165, 1.54) is 38.8 Å². The number of pyridine rings is 1. The molecule has 3 aliphatic heterocycles. The molecular formula is C19H24N4OS. The molecule has 4 fully saturated rings. The highest BCUT2D eigenvalue weighted by molar-refractivity contribution is 7.17. The number of carbonyl (C=O) groups excluding carboxylic acids is 1. The van der Waals surface area contributed by atoms with Crippen LogP contribution in [0.25, 0.3) is 10.1 Å². The van der Waals surface area contributed by atoms with Crippen molar-refractivity contribution < 1.29 is 4.79 Å². The van der Waals surface area contributed by atoms with Crippen LogP contribution in [0.4, 0.5) is 5.69 Å². The Kier molecular flexibility index (Phi) is 3.71. The smallest absolute Gasteiger partial charge is 0.270 e. The lowest BCUT2D eigenvalue weighted by Crippen LogP contribution is -2.62. The molecule has 132 valence electrons. The minimum absolute atomic E-state index is 0.0314. The standard InChI is InChI=1S/C19H24N4OS/c1-11-18(12-4-6-23(11)7-5-12)22-19(24)15-8-14-16(21-13-2-3-13)10-25-17(14)9-20-15/h8-13,18,21H,2-7H2,1H3,(H,22,24). The summed E-state index contributed by atoms with van der Waals surface area (Å²) >= 11 is 1.69. The van der Waals surface area contributed by atoms with Crippen LogP contribution in [0.15, 0.2) is 17.6 Å². The molecule has 1 saturated carbocycles. The number of thiophene rings is 1. The monoisotopic (exact) mass is 356 g/mol. The Morgan fingerprint density at radius 3 is 2.80 bits per heavy atom. The lowest BCUT2D eigenvalue weighted by Gasteiger charge is -2.49. The molecule has 2 atom stereocenters. The number of aromatic nitrogens is 1. The van der Waals surface area contributed by atoms with Crippen molar-refractivity contribution in [3.05, 3.63) is 23.3 Å². The molecule has 0 radical (unpaired) electrons. The van der Waals surface area contributed by atoms with Gasteiger partial charge in [0.2, 0.25) is 0 Å². The molecule has 0 spiro atoms. The minimum atomic E-state index is -0.0314. The van der Waals surface area contributed by atoms with Gasteiger partial charge in [0, 0.05) is 35.1 Å². The minimum Gasteiger partial charge on any atom is -0.381 e. The van der Waals surface area contributed by atoms with Crippen LogP contribution in [0.5, 0.6) is 0 Å². The molecule has 6 heteroatoms. The third-order valence-corrected chi connectivity index (χ3v) is 7.04. The van der Waals surface area contributed by atoms with E-state index in [2.05, 4.69) is 32.8 Å². The molecule has 6 rings (SSSR count). The summed E-state index contributed by atoms with van der Waals surface area (Å²) in [6, 6.07) is 3.24. The molecule has 25 heavy (non-hydrogen) atoms. The molecule has 2 N–H and O–H groups in total. The first-order valence-electron chi connectivity index (χ1n) is 9.38.